The molecule has 0 bridgehead atoms. The van der Waals surface area contributed by atoms with Crippen molar-refractivity contribution in [2.75, 3.05) is 0 Å². The molecule has 0 atom stereocenters. The van der Waals surface area contributed by atoms with Gasteiger partial charge in [0.1, 0.15) is 0 Å². The van der Waals surface area contributed by atoms with Crippen LogP contribution in [0.1, 0.15) is 28.7 Å². The predicted octanol–water partition coefficient (Wildman–Crippen LogP) is 3.51. The van der Waals surface area contributed by atoms with E-state index in [0.717, 1.165) is 6.42 Å². The van der Waals surface area contributed by atoms with Crippen molar-refractivity contribution in [1.82, 2.24) is 0 Å². The van der Waals surface area contributed by atoms with E-state index in [2.05, 4.69) is 34.1 Å². The third kappa shape index (κ3) is 1.03. The first-order chi connectivity index (χ1) is 6.36. The number of allylic oxidation sites excluding steroid dienone is 1. The molecule has 66 valence electrons. The van der Waals surface area contributed by atoms with Gasteiger partial charge in [0.2, 0.25) is 0 Å². The summed E-state index contributed by atoms with van der Waals surface area (Å²) in [4.78, 5) is 0. The van der Waals surface area contributed by atoms with Crippen LogP contribution >= 0.6 is 15.9 Å². The zero-order valence-electron chi connectivity index (χ0n) is 7.44. The maximum atomic E-state index is 3.74. The minimum atomic E-state index is 1.11. The first-order valence-electron chi connectivity index (χ1n) is 4.86. The molecule has 0 nitrogen and oxygen atoms in total. The molecule has 13 heavy (non-hydrogen) atoms. The molecule has 0 heterocycles. The van der Waals surface area contributed by atoms with Gasteiger partial charge >= 0.3 is 0 Å². The highest BCUT2D eigenvalue weighted by Crippen LogP contribution is 2.37. The normalized spacial score (nSPS) is 17.6. The fourth-order valence-electron chi connectivity index (χ4n) is 2.42. The van der Waals surface area contributed by atoms with Gasteiger partial charge in [-0.3, -0.25) is 0 Å². The van der Waals surface area contributed by atoms with Crippen molar-refractivity contribution in [3.8, 4) is 0 Å². The minimum Gasteiger partial charge on any atom is -0.0795 e. The summed E-state index contributed by atoms with van der Waals surface area (Å²) in [6, 6.07) is 2.38. The second kappa shape index (κ2) is 2.71. The van der Waals surface area contributed by atoms with E-state index in [9.17, 15) is 0 Å². The quantitative estimate of drug-likeness (QED) is 0.645. The lowest BCUT2D eigenvalue weighted by atomic mass is 10.0. The molecule has 3 rings (SSSR count). The van der Waals surface area contributed by atoms with Gasteiger partial charge in [0.25, 0.3) is 0 Å². The number of rotatable bonds is 0. The monoisotopic (exact) mass is 234 g/mol. The summed E-state index contributed by atoms with van der Waals surface area (Å²) >= 11 is 3.74. The van der Waals surface area contributed by atoms with Crippen LogP contribution in [0.3, 0.4) is 0 Å². The molecule has 2 aliphatic rings. The van der Waals surface area contributed by atoms with Crippen LogP contribution in [0.25, 0.3) is 6.08 Å². The Kier molecular flexibility index (Phi) is 1.63. The molecule has 0 fully saturated rings. The average Bonchev–Trinajstić information content (AvgIpc) is 2.71. The molecule has 0 amide bonds. The zero-order chi connectivity index (χ0) is 8.84. The Balaban J connectivity index is 2.30. The van der Waals surface area contributed by atoms with Crippen LogP contribution in [-0.4, -0.2) is 0 Å². The number of fused-ring (bicyclic) bond motifs is 2. The number of hydrogen-bond acceptors (Lipinski definition) is 0. The summed E-state index contributed by atoms with van der Waals surface area (Å²) in [6.45, 7) is 0. The van der Waals surface area contributed by atoms with Crippen LogP contribution in [0.5, 0.6) is 0 Å². The van der Waals surface area contributed by atoms with E-state index in [1.165, 1.54) is 34.9 Å². The Hall–Kier alpha value is -0.560. The number of benzene rings is 1. The Morgan fingerprint density at radius 1 is 1.15 bits per heavy atom. The number of halogens is 1. The SMILES string of the molecule is Brc1c2c(cc3c1CCC3)C=CC2. The average molecular weight is 235 g/mol. The van der Waals surface area contributed by atoms with Crippen molar-refractivity contribution in [3.05, 3.63) is 38.9 Å². The molecular weight excluding hydrogens is 224 g/mol. The largest absolute Gasteiger partial charge is 0.0795 e. The summed E-state index contributed by atoms with van der Waals surface area (Å²) in [7, 11) is 0. The molecule has 0 radical (unpaired) electrons. The first-order valence-corrected chi connectivity index (χ1v) is 5.65. The highest BCUT2D eigenvalue weighted by atomic mass is 79.9. The van der Waals surface area contributed by atoms with Crippen LogP contribution in [0.4, 0.5) is 0 Å². The van der Waals surface area contributed by atoms with Gasteiger partial charge < -0.3 is 0 Å². The van der Waals surface area contributed by atoms with E-state index >= 15 is 0 Å². The summed E-state index contributed by atoms with van der Waals surface area (Å²) in [6.07, 6.45) is 9.49. The van der Waals surface area contributed by atoms with Gasteiger partial charge in [-0.05, 0) is 47.9 Å². The molecule has 0 aromatic heterocycles. The van der Waals surface area contributed by atoms with Gasteiger partial charge in [0.15, 0.2) is 0 Å². The molecular formula is C12H11Br. The highest BCUT2D eigenvalue weighted by Gasteiger charge is 2.19. The third-order valence-corrected chi connectivity index (χ3v) is 4.05. The second-order valence-electron chi connectivity index (χ2n) is 3.86. The Labute approximate surface area is 86.8 Å². The van der Waals surface area contributed by atoms with E-state index in [1.54, 1.807) is 11.1 Å². The molecule has 0 saturated carbocycles. The van der Waals surface area contributed by atoms with E-state index in [-0.39, 0.29) is 0 Å². The summed E-state index contributed by atoms with van der Waals surface area (Å²) in [5.41, 5.74) is 6.08. The standard InChI is InChI=1S/C12H11Br/c13-12-10-5-1-3-8(10)7-9-4-2-6-11(9)12/h1,3,7H,2,4-6H2. The fraction of sp³-hybridized carbons (Fsp3) is 0.333. The molecule has 1 heteroatoms. The van der Waals surface area contributed by atoms with Crippen LogP contribution in [0.15, 0.2) is 16.6 Å². The molecule has 1 aromatic rings. The maximum Gasteiger partial charge on any atom is 0.0251 e. The summed E-state index contributed by atoms with van der Waals surface area (Å²) in [5.74, 6) is 0. The van der Waals surface area contributed by atoms with Gasteiger partial charge in [-0.15, -0.1) is 0 Å². The van der Waals surface area contributed by atoms with Gasteiger partial charge in [-0.2, -0.15) is 0 Å². The van der Waals surface area contributed by atoms with Gasteiger partial charge in [-0.25, -0.2) is 0 Å². The minimum absolute atomic E-state index is 1.11. The predicted molar refractivity (Wildman–Crippen MR) is 58.9 cm³/mol. The van der Waals surface area contributed by atoms with Crippen molar-refractivity contribution < 1.29 is 0 Å². The molecule has 1 aromatic carbocycles. The lowest BCUT2D eigenvalue weighted by Gasteiger charge is -2.08. The summed E-state index contributed by atoms with van der Waals surface area (Å²) < 4.78 is 1.39. The molecule has 0 spiro atoms. The van der Waals surface area contributed by atoms with Crippen LogP contribution in [0.2, 0.25) is 0 Å². The molecule has 0 unspecified atom stereocenters. The topological polar surface area (TPSA) is 0 Å². The third-order valence-electron chi connectivity index (χ3n) is 3.09. The maximum absolute atomic E-state index is 3.74. The van der Waals surface area contributed by atoms with Crippen LogP contribution < -0.4 is 0 Å². The van der Waals surface area contributed by atoms with E-state index in [0.29, 0.717) is 0 Å². The highest BCUT2D eigenvalue weighted by molar-refractivity contribution is 9.10. The van der Waals surface area contributed by atoms with Crippen molar-refractivity contribution >= 4 is 22.0 Å². The van der Waals surface area contributed by atoms with Gasteiger partial charge in [0, 0.05) is 4.47 Å². The lowest BCUT2D eigenvalue weighted by Crippen LogP contribution is -1.92. The molecule has 0 N–H and O–H groups in total. The Morgan fingerprint density at radius 3 is 3.00 bits per heavy atom. The smallest absolute Gasteiger partial charge is 0.0251 e. The Morgan fingerprint density at radius 2 is 2.08 bits per heavy atom. The molecule has 0 aliphatic heterocycles. The van der Waals surface area contributed by atoms with E-state index in [4.69, 9.17) is 0 Å². The van der Waals surface area contributed by atoms with E-state index < -0.39 is 0 Å². The molecule has 0 saturated heterocycles. The summed E-state index contributed by atoms with van der Waals surface area (Å²) in [5, 5.41) is 0. The van der Waals surface area contributed by atoms with Gasteiger partial charge in [-0.1, -0.05) is 34.1 Å². The van der Waals surface area contributed by atoms with Crippen molar-refractivity contribution in [1.29, 1.82) is 0 Å². The van der Waals surface area contributed by atoms with Crippen molar-refractivity contribution in [2.24, 2.45) is 0 Å². The Bertz CT molecular complexity index is 398. The van der Waals surface area contributed by atoms with Crippen LogP contribution in [-0.2, 0) is 19.3 Å². The van der Waals surface area contributed by atoms with E-state index in [1.807, 2.05) is 0 Å². The van der Waals surface area contributed by atoms with Crippen molar-refractivity contribution in [2.45, 2.75) is 25.7 Å². The lowest BCUT2D eigenvalue weighted by molar-refractivity contribution is 0.910. The molecule has 2 aliphatic carbocycles. The van der Waals surface area contributed by atoms with Crippen molar-refractivity contribution in [3.63, 3.8) is 0 Å². The number of aryl methyl sites for hydroxylation is 1. The fourth-order valence-corrected chi connectivity index (χ4v) is 3.26. The second-order valence-corrected chi connectivity index (χ2v) is 4.65. The number of hydrogen-bond donors (Lipinski definition) is 0. The zero-order valence-corrected chi connectivity index (χ0v) is 9.02. The first kappa shape index (κ1) is 7.81. The van der Waals surface area contributed by atoms with Gasteiger partial charge in [0.05, 0.1) is 0 Å². The van der Waals surface area contributed by atoms with Crippen LogP contribution in [0, 0.1) is 0 Å².